The number of hydrogen-bond donors (Lipinski definition) is 0. The van der Waals surface area contributed by atoms with Crippen LogP contribution in [-0.4, -0.2) is 24.7 Å². The molecule has 2 atom stereocenters. The van der Waals surface area contributed by atoms with Gasteiger partial charge in [0.15, 0.2) is 0 Å². The highest BCUT2D eigenvalue weighted by Crippen LogP contribution is 2.22. The van der Waals surface area contributed by atoms with Gasteiger partial charge in [0, 0.05) is 10.4 Å². The molecule has 0 radical (unpaired) electrons. The van der Waals surface area contributed by atoms with Crippen molar-refractivity contribution in [3.05, 3.63) is 34.3 Å². The molecular formula is C13H16BrClO2. The molecule has 0 bridgehead atoms. The molecule has 1 heterocycles. The molecule has 1 fully saturated rings. The van der Waals surface area contributed by atoms with Gasteiger partial charge >= 0.3 is 0 Å². The van der Waals surface area contributed by atoms with E-state index in [2.05, 4.69) is 22.0 Å². The second-order valence-corrected chi connectivity index (χ2v) is 5.38. The summed E-state index contributed by atoms with van der Waals surface area (Å²) in [5.41, 5.74) is 1.17. The van der Waals surface area contributed by atoms with Gasteiger partial charge in [-0.2, -0.15) is 0 Å². The lowest BCUT2D eigenvalue weighted by Gasteiger charge is -2.12. The summed E-state index contributed by atoms with van der Waals surface area (Å²) in [6.07, 6.45) is 2.52. The molecule has 1 aliphatic rings. The number of halogens is 2. The molecule has 2 rings (SSSR count). The van der Waals surface area contributed by atoms with Gasteiger partial charge in [-0.05, 0) is 24.5 Å². The van der Waals surface area contributed by atoms with E-state index in [9.17, 15) is 0 Å². The largest absolute Gasteiger partial charge is 0.374 e. The van der Waals surface area contributed by atoms with E-state index in [0.29, 0.717) is 19.1 Å². The maximum Gasteiger partial charge on any atom is 0.0814 e. The average molecular weight is 320 g/mol. The molecule has 0 spiro atoms. The van der Waals surface area contributed by atoms with Gasteiger partial charge in [0.1, 0.15) is 0 Å². The molecule has 1 saturated heterocycles. The second kappa shape index (κ2) is 6.74. The van der Waals surface area contributed by atoms with Crippen molar-refractivity contribution < 1.29 is 9.47 Å². The number of alkyl halides is 1. The van der Waals surface area contributed by atoms with E-state index in [1.54, 1.807) is 0 Å². The van der Waals surface area contributed by atoms with Gasteiger partial charge in [0.25, 0.3) is 0 Å². The van der Waals surface area contributed by atoms with Crippen LogP contribution in [0.1, 0.15) is 18.4 Å². The summed E-state index contributed by atoms with van der Waals surface area (Å²) in [5.74, 6) is 0.584. The normalized spacial score (nSPS) is 24.1. The van der Waals surface area contributed by atoms with Crippen LogP contribution >= 0.6 is 27.5 Å². The molecule has 2 unspecified atom stereocenters. The van der Waals surface area contributed by atoms with Crippen LogP contribution < -0.4 is 0 Å². The van der Waals surface area contributed by atoms with Crippen LogP contribution in [-0.2, 0) is 16.1 Å². The van der Waals surface area contributed by atoms with Crippen molar-refractivity contribution in [2.24, 2.45) is 0 Å². The predicted octanol–water partition coefficient (Wildman–Crippen LogP) is 3.75. The Morgan fingerprint density at radius 1 is 1.29 bits per heavy atom. The zero-order chi connectivity index (χ0) is 12.1. The Labute approximate surface area is 115 Å². The molecule has 0 amide bonds. The summed E-state index contributed by atoms with van der Waals surface area (Å²) in [4.78, 5) is 0. The van der Waals surface area contributed by atoms with E-state index < -0.39 is 0 Å². The fourth-order valence-corrected chi connectivity index (χ4v) is 2.56. The molecule has 0 aliphatic carbocycles. The first-order valence-electron chi connectivity index (χ1n) is 5.82. The lowest BCUT2D eigenvalue weighted by atomic mass is 10.2. The van der Waals surface area contributed by atoms with Crippen LogP contribution in [0.15, 0.2) is 28.7 Å². The van der Waals surface area contributed by atoms with E-state index in [4.69, 9.17) is 21.1 Å². The van der Waals surface area contributed by atoms with Gasteiger partial charge in [-0.1, -0.05) is 34.1 Å². The van der Waals surface area contributed by atoms with Crippen molar-refractivity contribution in [3.63, 3.8) is 0 Å². The van der Waals surface area contributed by atoms with Crippen LogP contribution in [0, 0.1) is 0 Å². The van der Waals surface area contributed by atoms with Crippen LogP contribution in [0.25, 0.3) is 0 Å². The third-order valence-electron chi connectivity index (χ3n) is 2.89. The van der Waals surface area contributed by atoms with Crippen molar-refractivity contribution in [2.45, 2.75) is 31.7 Å². The minimum atomic E-state index is 0.209. The number of ether oxygens (including phenoxy) is 2. The van der Waals surface area contributed by atoms with Crippen LogP contribution in [0.4, 0.5) is 0 Å². The predicted molar refractivity (Wildman–Crippen MR) is 72.4 cm³/mol. The third-order valence-corrected chi connectivity index (χ3v) is 4.00. The smallest absolute Gasteiger partial charge is 0.0814 e. The second-order valence-electron chi connectivity index (χ2n) is 4.22. The monoisotopic (exact) mass is 318 g/mol. The van der Waals surface area contributed by atoms with Crippen molar-refractivity contribution in [3.8, 4) is 0 Å². The first kappa shape index (κ1) is 13.3. The van der Waals surface area contributed by atoms with E-state index in [-0.39, 0.29) is 12.2 Å². The molecule has 0 N–H and O–H groups in total. The number of hydrogen-bond acceptors (Lipinski definition) is 2. The van der Waals surface area contributed by atoms with Gasteiger partial charge in [0.05, 0.1) is 25.4 Å². The fourth-order valence-electron chi connectivity index (χ4n) is 1.93. The fraction of sp³-hybridized carbons (Fsp3) is 0.538. The van der Waals surface area contributed by atoms with Gasteiger partial charge in [0.2, 0.25) is 0 Å². The van der Waals surface area contributed by atoms with Gasteiger partial charge in [-0.3, -0.25) is 0 Å². The lowest BCUT2D eigenvalue weighted by Crippen LogP contribution is -2.17. The average Bonchev–Trinajstić information content (AvgIpc) is 2.80. The maximum atomic E-state index is 5.75. The van der Waals surface area contributed by atoms with Crippen molar-refractivity contribution in [1.29, 1.82) is 0 Å². The summed E-state index contributed by atoms with van der Waals surface area (Å²) in [5, 5.41) is 0. The van der Waals surface area contributed by atoms with Gasteiger partial charge in [-0.15, -0.1) is 11.6 Å². The van der Waals surface area contributed by atoms with Crippen LogP contribution in [0.3, 0.4) is 0 Å². The Balaban J connectivity index is 1.72. The van der Waals surface area contributed by atoms with E-state index in [1.807, 2.05) is 18.2 Å². The summed E-state index contributed by atoms with van der Waals surface area (Å²) >= 11 is 9.25. The van der Waals surface area contributed by atoms with Crippen molar-refractivity contribution in [2.75, 3.05) is 12.5 Å². The zero-order valence-electron chi connectivity index (χ0n) is 9.57. The van der Waals surface area contributed by atoms with Gasteiger partial charge in [-0.25, -0.2) is 0 Å². The summed E-state index contributed by atoms with van der Waals surface area (Å²) < 4.78 is 12.5. The Hall–Kier alpha value is -0.0900. The molecule has 4 heteroatoms. The number of rotatable bonds is 5. The Kier molecular flexibility index (Phi) is 5.29. The standard InChI is InChI=1S/C13H16BrClO2/c14-13-4-2-1-3-10(13)8-16-9-12-6-5-11(7-15)17-12/h1-4,11-12H,5-9H2. The highest BCUT2D eigenvalue weighted by Gasteiger charge is 2.24. The summed E-state index contributed by atoms with van der Waals surface area (Å²) in [7, 11) is 0. The van der Waals surface area contributed by atoms with Gasteiger partial charge < -0.3 is 9.47 Å². The molecule has 0 aromatic heterocycles. The molecule has 17 heavy (non-hydrogen) atoms. The van der Waals surface area contributed by atoms with E-state index in [0.717, 1.165) is 17.3 Å². The molecule has 94 valence electrons. The molecule has 1 aromatic rings. The molecule has 2 nitrogen and oxygen atoms in total. The maximum absolute atomic E-state index is 5.75. The Morgan fingerprint density at radius 3 is 2.76 bits per heavy atom. The van der Waals surface area contributed by atoms with Crippen LogP contribution in [0.2, 0.25) is 0 Å². The SMILES string of the molecule is ClCC1CCC(COCc2ccccc2Br)O1. The Bertz CT molecular complexity index is 359. The first-order valence-corrected chi connectivity index (χ1v) is 7.15. The van der Waals surface area contributed by atoms with Crippen molar-refractivity contribution in [1.82, 2.24) is 0 Å². The minimum absolute atomic E-state index is 0.209. The summed E-state index contributed by atoms with van der Waals surface area (Å²) in [6, 6.07) is 8.09. The highest BCUT2D eigenvalue weighted by atomic mass is 79.9. The Morgan fingerprint density at radius 2 is 2.06 bits per heavy atom. The quantitative estimate of drug-likeness (QED) is 0.770. The number of benzene rings is 1. The van der Waals surface area contributed by atoms with Crippen molar-refractivity contribution >= 4 is 27.5 Å². The molecule has 1 aromatic carbocycles. The minimum Gasteiger partial charge on any atom is -0.374 e. The lowest BCUT2D eigenvalue weighted by molar-refractivity contribution is -0.0133. The molecule has 0 saturated carbocycles. The molecular weight excluding hydrogens is 303 g/mol. The molecule has 1 aliphatic heterocycles. The van der Waals surface area contributed by atoms with Crippen LogP contribution in [0.5, 0.6) is 0 Å². The first-order chi connectivity index (χ1) is 8.29. The van der Waals surface area contributed by atoms with E-state index in [1.165, 1.54) is 5.56 Å². The summed E-state index contributed by atoms with van der Waals surface area (Å²) in [6.45, 7) is 1.27. The third kappa shape index (κ3) is 3.95. The zero-order valence-corrected chi connectivity index (χ0v) is 11.9. The topological polar surface area (TPSA) is 18.5 Å². The highest BCUT2D eigenvalue weighted by molar-refractivity contribution is 9.10. The van der Waals surface area contributed by atoms with E-state index >= 15 is 0 Å².